The molecule has 0 aliphatic heterocycles. The number of nitrogens with zero attached hydrogens (tertiary/aromatic N) is 1. The Labute approximate surface area is 138 Å². The summed E-state index contributed by atoms with van der Waals surface area (Å²) in [7, 11) is 1.58. The van der Waals surface area contributed by atoms with Crippen LogP contribution in [0.15, 0.2) is 39.3 Å². The van der Waals surface area contributed by atoms with Crippen LogP contribution >= 0.6 is 31.9 Å². The summed E-state index contributed by atoms with van der Waals surface area (Å²) >= 11 is 6.69. The molecule has 21 heavy (non-hydrogen) atoms. The minimum atomic E-state index is -0.423. The maximum Gasteiger partial charge on any atom is 0.273 e. The van der Waals surface area contributed by atoms with Gasteiger partial charge in [0.15, 0.2) is 0 Å². The molecule has 2 aromatic rings. The largest absolute Gasteiger partial charge is 0.497 e. The van der Waals surface area contributed by atoms with Gasteiger partial charge in [0, 0.05) is 11.6 Å². The third-order valence-electron chi connectivity index (χ3n) is 2.81. The Morgan fingerprint density at radius 1 is 1.10 bits per heavy atom. The van der Waals surface area contributed by atoms with Gasteiger partial charge in [0.2, 0.25) is 0 Å². The van der Waals surface area contributed by atoms with E-state index < -0.39 is 4.92 Å². The Hall–Kier alpha value is -1.60. The first kappa shape index (κ1) is 15.8. The predicted molar refractivity (Wildman–Crippen MR) is 86.3 cm³/mol. The molecule has 0 amide bonds. The third-order valence-corrected chi connectivity index (χ3v) is 4.05. The Morgan fingerprint density at radius 2 is 1.76 bits per heavy atom. The fraction of sp³-hybridized carbons (Fsp3) is 0.143. The number of aryl methyl sites for hydroxylation is 1. The van der Waals surface area contributed by atoms with Crippen LogP contribution in [0.2, 0.25) is 0 Å². The van der Waals surface area contributed by atoms with Crippen molar-refractivity contribution in [1.82, 2.24) is 0 Å². The van der Waals surface area contributed by atoms with E-state index in [0.717, 1.165) is 4.47 Å². The van der Waals surface area contributed by atoms with Gasteiger partial charge < -0.3 is 9.47 Å². The van der Waals surface area contributed by atoms with Gasteiger partial charge in [-0.3, -0.25) is 10.1 Å². The number of benzene rings is 2. The van der Waals surface area contributed by atoms with E-state index in [9.17, 15) is 10.1 Å². The monoisotopic (exact) mass is 415 g/mol. The van der Waals surface area contributed by atoms with Crippen LogP contribution in [0.25, 0.3) is 0 Å². The summed E-state index contributed by atoms with van der Waals surface area (Å²) in [6.45, 7) is 1.67. The molecule has 5 nitrogen and oxygen atoms in total. The van der Waals surface area contributed by atoms with Gasteiger partial charge in [-0.2, -0.15) is 0 Å². The molecular weight excluding hydrogens is 406 g/mol. The van der Waals surface area contributed by atoms with Crippen molar-refractivity contribution >= 4 is 37.5 Å². The van der Waals surface area contributed by atoms with Crippen LogP contribution in [0.3, 0.4) is 0 Å². The zero-order valence-corrected chi connectivity index (χ0v) is 14.4. The molecular formula is C14H11Br2NO4. The van der Waals surface area contributed by atoms with Gasteiger partial charge in [-0.15, -0.1) is 0 Å². The molecule has 0 aromatic heterocycles. The number of rotatable bonds is 4. The molecule has 0 N–H and O–H groups in total. The van der Waals surface area contributed by atoms with Gasteiger partial charge in [-0.25, -0.2) is 0 Å². The quantitative estimate of drug-likeness (QED) is 0.505. The molecule has 0 fully saturated rings. The summed E-state index contributed by atoms with van der Waals surface area (Å²) in [4.78, 5) is 10.5. The van der Waals surface area contributed by atoms with E-state index in [2.05, 4.69) is 31.9 Å². The number of nitro groups is 1. The Kier molecular flexibility index (Phi) is 4.84. The summed E-state index contributed by atoms with van der Waals surface area (Å²) in [5, 5.41) is 10.9. The second-order valence-electron chi connectivity index (χ2n) is 4.22. The number of nitro benzene ring substituents is 1. The molecule has 2 aromatic carbocycles. The number of hydrogen-bond acceptors (Lipinski definition) is 4. The van der Waals surface area contributed by atoms with Crippen LogP contribution in [0, 0.1) is 17.0 Å². The first-order chi connectivity index (χ1) is 9.92. The highest BCUT2D eigenvalue weighted by Crippen LogP contribution is 2.38. The topological polar surface area (TPSA) is 61.6 Å². The van der Waals surface area contributed by atoms with Crippen LogP contribution in [-0.4, -0.2) is 12.0 Å². The lowest BCUT2D eigenvalue weighted by Gasteiger charge is -2.11. The third kappa shape index (κ3) is 3.54. The molecule has 0 radical (unpaired) electrons. The van der Waals surface area contributed by atoms with Crippen molar-refractivity contribution in [3.8, 4) is 17.2 Å². The SMILES string of the molecule is COc1ccc(Oc2cc(C)c([N+](=O)[O-])cc2Br)c(Br)c1. The summed E-state index contributed by atoms with van der Waals surface area (Å²) < 4.78 is 12.1. The number of ether oxygens (including phenoxy) is 2. The molecule has 0 spiro atoms. The highest BCUT2D eigenvalue weighted by atomic mass is 79.9. The lowest BCUT2D eigenvalue weighted by molar-refractivity contribution is -0.385. The highest BCUT2D eigenvalue weighted by Gasteiger charge is 2.16. The predicted octanol–water partition coefficient (Wildman–Crippen LogP) is 5.23. The van der Waals surface area contributed by atoms with Crippen LogP contribution < -0.4 is 9.47 Å². The fourth-order valence-corrected chi connectivity index (χ4v) is 2.58. The van der Waals surface area contributed by atoms with E-state index in [1.165, 1.54) is 6.07 Å². The minimum absolute atomic E-state index is 0.0445. The lowest BCUT2D eigenvalue weighted by Crippen LogP contribution is -1.94. The Morgan fingerprint density at radius 3 is 2.33 bits per heavy atom. The molecule has 0 unspecified atom stereocenters. The average Bonchev–Trinajstić information content (AvgIpc) is 2.44. The van der Waals surface area contributed by atoms with E-state index in [-0.39, 0.29) is 5.69 Å². The zero-order valence-electron chi connectivity index (χ0n) is 11.2. The van der Waals surface area contributed by atoms with Crippen LogP contribution in [0.5, 0.6) is 17.2 Å². The van der Waals surface area contributed by atoms with Gasteiger partial charge in [-0.1, -0.05) is 0 Å². The van der Waals surface area contributed by atoms with Crippen molar-refractivity contribution in [2.45, 2.75) is 6.92 Å². The first-order valence-corrected chi connectivity index (χ1v) is 7.47. The van der Waals surface area contributed by atoms with Crippen LogP contribution in [0.4, 0.5) is 5.69 Å². The maximum absolute atomic E-state index is 10.9. The van der Waals surface area contributed by atoms with E-state index in [1.807, 2.05) is 0 Å². The van der Waals surface area contributed by atoms with Gasteiger partial charge in [-0.05, 0) is 63.0 Å². The first-order valence-electron chi connectivity index (χ1n) is 5.88. The summed E-state index contributed by atoms with van der Waals surface area (Å²) in [6.07, 6.45) is 0. The second-order valence-corrected chi connectivity index (χ2v) is 5.93. The Balaban J connectivity index is 2.36. The Bertz CT molecular complexity index is 704. The second kappa shape index (κ2) is 6.44. The molecule has 0 saturated heterocycles. The summed E-state index contributed by atoms with van der Waals surface area (Å²) in [6, 6.07) is 8.36. The van der Waals surface area contributed by atoms with E-state index in [4.69, 9.17) is 9.47 Å². The smallest absolute Gasteiger partial charge is 0.273 e. The van der Waals surface area contributed by atoms with Gasteiger partial charge >= 0.3 is 0 Å². The van der Waals surface area contributed by atoms with Crippen LogP contribution in [0.1, 0.15) is 5.56 Å². The molecule has 0 aliphatic carbocycles. The van der Waals surface area contributed by atoms with Crippen LogP contribution in [-0.2, 0) is 0 Å². The minimum Gasteiger partial charge on any atom is -0.497 e. The normalized spacial score (nSPS) is 10.3. The summed E-state index contributed by atoms with van der Waals surface area (Å²) in [5.74, 6) is 1.79. The van der Waals surface area contributed by atoms with E-state index >= 15 is 0 Å². The van der Waals surface area contributed by atoms with Crippen molar-refractivity contribution in [2.24, 2.45) is 0 Å². The molecule has 0 aliphatic rings. The highest BCUT2D eigenvalue weighted by molar-refractivity contribution is 9.11. The van der Waals surface area contributed by atoms with Gasteiger partial charge in [0.05, 0.1) is 21.0 Å². The van der Waals surface area contributed by atoms with Gasteiger partial charge in [0.25, 0.3) is 5.69 Å². The van der Waals surface area contributed by atoms with Crippen molar-refractivity contribution in [3.63, 3.8) is 0 Å². The average molecular weight is 417 g/mol. The number of halogens is 2. The van der Waals surface area contributed by atoms with Crippen molar-refractivity contribution in [2.75, 3.05) is 7.11 Å². The zero-order chi connectivity index (χ0) is 15.6. The van der Waals surface area contributed by atoms with E-state index in [0.29, 0.717) is 27.3 Å². The number of methoxy groups -OCH3 is 1. The number of hydrogen-bond donors (Lipinski definition) is 0. The lowest BCUT2D eigenvalue weighted by atomic mass is 10.2. The van der Waals surface area contributed by atoms with Gasteiger partial charge in [0.1, 0.15) is 17.2 Å². The van der Waals surface area contributed by atoms with Crippen molar-refractivity contribution < 1.29 is 14.4 Å². The van der Waals surface area contributed by atoms with Crippen molar-refractivity contribution in [1.29, 1.82) is 0 Å². The molecule has 0 saturated carbocycles. The standard InChI is InChI=1S/C14H11Br2NO4/c1-8-5-14(11(16)7-12(8)17(18)19)21-13-4-3-9(20-2)6-10(13)15/h3-7H,1-2H3. The molecule has 0 atom stereocenters. The van der Waals surface area contributed by atoms with E-state index in [1.54, 1.807) is 38.3 Å². The molecule has 110 valence electrons. The molecule has 7 heteroatoms. The molecule has 2 rings (SSSR count). The fourth-order valence-electron chi connectivity index (χ4n) is 1.73. The maximum atomic E-state index is 10.9. The molecule has 0 heterocycles. The molecule has 0 bridgehead atoms. The summed E-state index contributed by atoms with van der Waals surface area (Å²) in [5.41, 5.74) is 0.575. The van der Waals surface area contributed by atoms with Crippen molar-refractivity contribution in [3.05, 3.63) is 55.0 Å².